The topological polar surface area (TPSA) is 29.1 Å². The van der Waals surface area contributed by atoms with Crippen LogP contribution >= 0.6 is 0 Å². The largest absolute Gasteiger partial charge is 0.353 e. The van der Waals surface area contributed by atoms with Crippen LogP contribution in [0.3, 0.4) is 0 Å². The van der Waals surface area contributed by atoms with Crippen LogP contribution in [0.15, 0.2) is 18.2 Å². The summed E-state index contributed by atoms with van der Waals surface area (Å²) in [5.41, 5.74) is 3.53. The first-order valence-corrected chi connectivity index (χ1v) is 6.38. The van der Waals surface area contributed by atoms with Gasteiger partial charge < -0.3 is 5.32 Å². The zero-order chi connectivity index (χ0) is 12.8. The van der Waals surface area contributed by atoms with Gasteiger partial charge in [0.1, 0.15) is 0 Å². The maximum absolute atomic E-state index is 11.9. The van der Waals surface area contributed by atoms with Crippen LogP contribution < -0.4 is 5.32 Å². The lowest BCUT2D eigenvalue weighted by molar-refractivity contribution is -0.121. The predicted octanol–water partition coefficient (Wildman–Crippen LogP) is 3.15. The Morgan fingerprint density at radius 1 is 1.35 bits per heavy atom. The van der Waals surface area contributed by atoms with Gasteiger partial charge in [-0.15, -0.1) is 0 Å². The molecule has 0 fully saturated rings. The number of carbonyl (C=O) groups excluding carboxylic acids is 1. The fourth-order valence-corrected chi connectivity index (χ4v) is 1.99. The Hall–Kier alpha value is -1.31. The van der Waals surface area contributed by atoms with Gasteiger partial charge in [-0.2, -0.15) is 0 Å². The predicted molar refractivity (Wildman–Crippen MR) is 72.1 cm³/mol. The zero-order valence-corrected chi connectivity index (χ0v) is 11.3. The lowest BCUT2D eigenvalue weighted by Crippen LogP contribution is -2.33. The summed E-state index contributed by atoms with van der Waals surface area (Å²) in [4.78, 5) is 11.9. The Morgan fingerprint density at radius 2 is 2.06 bits per heavy atom. The van der Waals surface area contributed by atoms with E-state index in [1.165, 1.54) is 11.1 Å². The van der Waals surface area contributed by atoms with Crippen molar-refractivity contribution in [2.75, 3.05) is 0 Å². The number of nitrogens with one attached hydrogen (secondary N) is 1. The van der Waals surface area contributed by atoms with Gasteiger partial charge in [-0.05, 0) is 38.3 Å². The van der Waals surface area contributed by atoms with Gasteiger partial charge in [0.2, 0.25) is 5.91 Å². The van der Waals surface area contributed by atoms with Gasteiger partial charge in [0, 0.05) is 6.04 Å². The number of benzene rings is 1. The molecule has 17 heavy (non-hydrogen) atoms. The summed E-state index contributed by atoms with van der Waals surface area (Å²) in [6, 6.07) is 6.53. The van der Waals surface area contributed by atoms with Gasteiger partial charge in [0.25, 0.3) is 0 Å². The molecule has 0 saturated carbocycles. The second-order valence-electron chi connectivity index (χ2n) is 4.86. The van der Waals surface area contributed by atoms with E-state index < -0.39 is 0 Å². The first kappa shape index (κ1) is 13.8. The fourth-order valence-electron chi connectivity index (χ4n) is 1.99. The van der Waals surface area contributed by atoms with Gasteiger partial charge >= 0.3 is 0 Å². The van der Waals surface area contributed by atoms with E-state index in [0.717, 1.165) is 18.4 Å². The smallest absolute Gasteiger partial charge is 0.224 e. The number of hydrogen-bond acceptors (Lipinski definition) is 1. The molecular formula is C15H23NO. The van der Waals surface area contributed by atoms with Crippen LogP contribution in [0, 0.1) is 13.8 Å². The van der Waals surface area contributed by atoms with E-state index in [4.69, 9.17) is 0 Å². The summed E-state index contributed by atoms with van der Waals surface area (Å²) in [5, 5.41) is 3.04. The first-order valence-electron chi connectivity index (χ1n) is 6.38. The van der Waals surface area contributed by atoms with Crippen molar-refractivity contribution in [2.24, 2.45) is 0 Å². The summed E-state index contributed by atoms with van der Waals surface area (Å²) in [6.45, 7) is 8.30. The van der Waals surface area contributed by atoms with E-state index in [0.29, 0.717) is 6.42 Å². The first-order chi connectivity index (χ1) is 8.02. The molecule has 0 aliphatic rings. The summed E-state index contributed by atoms with van der Waals surface area (Å²) in [6.07, 6.45) is 2.63. The number of hydrogen-bond donors (Lipinski definition) is 1. The normalized spacial score (nSPS) is 12.2. The van der Waals surface area contributed by atoms with Crippen LogP contribution in [0.5, 0.6) is 0 Å². The van der Waals surface area contributed by atoms with Crippen molar-refractivity contribution in [3.63, 3.8) is 0 Å². The molecule has 1 aromatic rings. The third-order valence-electron chi connectivity index (χ3n) is 2.98. The Morgan fingerprint density at radius 3 is 2.71 bits per heavy atom. The fraction of sp³-hybridized carbons (Fsp3) is 0.533. The lowest BCUT2D eigenvalue weighted by Gasteiger charge is -2.13. The zero-order valence-electron chi connectivity index (χ0n) is 11.3. The Bertz CT molecular complexity index is 385. The summed E-state index contributed by atoms with van der Waals surface area (Å²) in [5.74, 6) is 0.125. The highest BCUT2D eigenvalue weighted by atomic mass is 16.1. The highest BCUT2D eigenvalue weighted by Crippen LogP contribution is 2.11. The van der Waals surface area contributed by atoms with Crippen molar-refractivity contribution in [1.29, 1.82) is 0 Å². The second kappa shape index (κ2) is 6.43. The molecule has 2 heteroatoms. The monoisotopic (exact) mass is 233 g/mol. The average molecular weight is 233 g/mol. The van der Waals surface area contributed by atoms with Crippen molar-refractivity contribution in [2.45, 2.75) is 53.0 Å². The molecule has 0 radical (unpaired) electrons. The lowest BCUT2D eigenvalue weighted by atomic mass is 10.0. The number of aryl methyl sites for hydroxylation is 2. The van der Waals surface area contributed by atoms with Crippen molar-refractivity contribution in [3.8, 4) is 0 Å². The van der Waals surface area contributed by atoms with E-state index in [2.05, 4.69) is 51.2 Å². The number of rotatable bonds is 5. The molecule has 0 bridgehead atoms. The molecule has 0 unspecified atom stereocenters. The number of amides is 1. The average Bonchev–Trinajstić information content (AvgIpc) is 2.23. The Kier molecular flexibility index (Phi) is 5.20. The van der Waals surface area contributed by atoms with Crippen LogP contribution in [0.1, 0.15) is 43.4 Å². The molecule has 1 amide bonds. The van der Waals surface area contributed by atoms with E-state index in [1.807, 2.05) is 0 Å². The molecule has 1 aromatic carbocycles. The molecule has 0 spiro atoms. The van der Waals surface area contributed by atoms with Crippen molar-refractivity contribution in [1.82, 2.24) is 5.32 Å². The van der Waals surface area contributed by atoms with Crippen LogP contribution in [-0.4, -0.2) is 11.9 Å². The summed E-state index contributed by atoms with van der Waals surface area (Å²) in [7, 11) is 0. The molecule has 0 heterocycles. The third kappa shape index (κ3) is 4.59. The van der Waals surface area contributed by atoms with Gasteiger partial charge in [-0.25, -0.2) is 0 Å². The van der Waals surface area contributed by atoms with Crippen LogP contribution in [-0.2, 0) is 11.2 Å². The molecular weight excluding hydrogens is 210 g/mol. The van der Waals surface area contributed by atoms with Crippen LogP contribution in [0.4, 0.5) is 0 Å². The van der Waals surface area contributed by atoms with Gasteiger partial charge in [0.05, 0.1) is 6.42 Å². The van der Waals surface area contributed by atoms with Crippen LogP contribution in [0.2, 0.25) is 0 Å². The maximum Gasteiger partial charge on any atom is 0.224 e. The minimum atomic E-state index is 0.125. The van der Waals surface area contributed by atoms with Gasteiger partial charge in [-0.1, -0.05) is 37.1 Å². The van der Waals surface area contributed by atoms with E-state index in [1.54, 1.807) is 0 Å². The standard InChI is InChI=1S/C15H23NO/c1-5-6-13(4)16-15(17)10-14-9-11(2)7-8-12(14)3/h7-9,13H,5-6,10H2,1-4H3,(H,16,17)/t13-/m1/s1. The molecule has 94 valence electrons. The minimum Gasteiger partial charge on any atom is -0.353 e. The minimum absolute atomic E-state index is 0.125. The molecule has 2 nitrogen and oxygen atoms in total. The molecule has 0 saturated heterocycles. The molecule has 0 aliphatic heterocycles. The molecule has 0 aromatic heterocycles. The van der Waals surface area contributed by atoms with Crippen molar-refractivity contribution < 1.29 is 4.79 Å². The van der Waals surface area contributed by atoms with Crippen molar-refractivity contribution >= 4 is 5.91 Å². The quantitative estimate of drug-likeness (QED) is 0.831. The second-order valence-corrected chi connectivity index (χ2v) is 4.86. The highest BCUT2D eigenvalue weighted by molar-refractivity contribution is 5.79. The molecule has 1 N–H and O–H groups in total. The van der Waals surface area contributed by atoms with E-state index in [-0.39, 0.29) is 11.9 Å². The van der Waals surface area contributed by atoms with Gasteiger partial charge in [-0.3, -0.25) is 4.79 Å². The van der Waals surface area contributed by atoms with Gasteiger partial charge in [0.15, 0.2) is 0 Å². The maximum atomic E-state index is 11.9. The van der Waals surface area contributed by atoms with E-state index >= 15 is 0 Å². The third-order valence-corrected chi connectivity index (χ3v) is 2.98. The summed E-state index contributed by atoms with van der Waals surface area (Å²) < 4.78 is 0. The summed E-state index contributed by atoms with van der Waals surface area (Å²) >= 11 is 0. The molecule has 1 atom stereocenters. The highest BCUT2D eigenvalue weighted by Gasteiger charge is 2.09. The Balaban J connectivity index is 2.58. The SMILES string of the molecule is CCC[C@@H](C)NC(=O)Cc1cc(C)ccc1C. The Labute approximate surface area is 104 Å². The van der Waals surface area contributed by atoms with Crippen molar-refractivity contribution in [3.05, 3.63) is 34.9 Å². The molecule has 1 rings (SSSR count). The van der Waals surface area contributed by atoms with Crippen LogP contribution in [0.25, 0.3) is 0 Å². The molecule has 0 aliphatic carbocycles. The number of carbonyl (C=O) groups is 1. The van der Waals surface area contributed by atoms with E-state index in [9.17, 15) is 4.79 Å².